The maximum Gasteiger partial charge on any atom is 0.416 e. The number of benzene rings is 1. The molecule has 0 saturated heterocycles. The molecule has 0 unspecified atom stereocenters. The molecule has 0 bridgehead atoms. The van der Waals surface area contributed by atoms with E-state index in [2.05, 4.69) is 20.2 Å². The van der Waals surface area contributed by atoms with E-state index < -0.39 is 11.7 Å². The maximum absolute atomic E-state index is 13.0. The highest BCUT2D eigenvalue weighted by Crippen LogP contribution is 2.33. The van der Waals surface area contributed by atoms with Crippen LogP contribution >= 0.6 is 11.6 Å². The summed E-state index contributed by atoms with van der Waals surface area (Å²) >= 11 is 5.78. The number of imidazole rings is 1. The van der Waals surface area contributed by atoms with Gasteiger partial charge in [0.05, 0.1) is 16.6 Å². The Morgan fingerprint density at radius 1 is 0.962 bits per heavy atom. The average molecular weight is 376 g/mol. The first-order valence-corrected chi connectivity index (χ1v) is 7.82. The Kier molecular flexibility index (Phi) is 3.84. The summed E-state index contributed by atoms with van der Waals surface area (Å²) in [4.78, 5) is 8.59. The van der Waals surface area contributed by atoms with Gasteiger partial charge in [0.1, 0.15) is 5.69 Å². The van der Waals surface area contributed by atoms with Crippen molar-refractivity contribution in [3.63, 3.8) is 0 Å². The minimum Gasteiger partial charge on any atom is -0.273 e. The lowest BCUT2D eigenvalue weighted by Crippen LogP contribution is -2.05. The highest BCUT2D eigenvalue weighted by molar-refractivity contribution is 6.29. The van der Waals surface area contributed by atoms with Crippen LogP contribution in [-0.4, -0.2) is 24.7 Å². The highest BCUT2D eigenvalue weighted by atomic mass is 35.5. The molecule has 3 heterocycles. The molecule has 0 radical (unpaired) electrons. The van der Waals surface area contributed by atoms with Gasteiger partial charge in [-0.25, -0.2) is 4.98 Å². The summed E-state index contributed by atoms with van der Waals surface area (Å²) in [7, 11) is 0. The lowest BCUT2D eigenvalue weighted by Gasteiger charge is -2.08. The summed E-state index contributed by atoms with van der Waals surface area (Å²) in [5.74, 6) is 0.730. The standard InChI is InChI=1S/C17H9ClF3N5/c18-14-6-7-15(25-24-14)26-13-5-4-10(17(19,20)21)9-12(13)23-16(26)11-3-1-2-8-22-11/h1-9H. The molecule has 0 fully saturated rings. The highest BCUT2D eigenvalue weighted by Gasteiger charge is 2.31. The van der Waals surface area contributed by atoms with Crippen LogP contribution in [0.15, 0.2) is 54.7 Å². The molecule has 3 aromatic heterocycles. The van der Waals surface area contributed by atoms with Gasteiger partial charge in [-0.15, -0.1) is 10.2 Å². The zero-order valence-electron chi connectivity index (χ0n) is 12.9. The van der Waals surface area contributed by atoms with Crippen molar-refractivity contribution < 1.29 is 13.2 Å². The van der Waals surface area contributed by atoms with E-state index in [0.717, 1.165) is 12.1 Å². The Hall–Kier alpha value is -3.00. The molecule has 0 aliphatic heterocycles. The van der Waals surface area contributed by atoms with Crippen LogP contribution in [-0.2, 0) is 6.18 Å². The molecule has 0 N–H and O–H groups in total. The monoisotopic (exact) mass is 375 g/mol. The van der Waals surface area contributed by atoms with Gasteiger partial charge >= 0.3 is 6.18 Å². The van der Waals surface area contributed by atoms with Crippen molar-refractivity contribution in [3.8, 4) is 17.3 Å². The summed E-state index contributed by atoms with van der Waals surface area (Å²) in [6.07, 6.45) is -2.88. The fourth-order valence-electron chi connectivity index (χ4n) is 2.58. The number of alkyl halides is 3. The Labute approximate surface area is 150 Å². The van der Waals surface area contributed by atoms with Gasteiger partial charge in [0.25, 0.3) is 0 Å². The average Bonchev–Trinajstić information content (AvgIpc) is 3.01. The zero-order valence-corrected chi connectivity index (χ0v) is 13.7. The first-order chi connectivity index (χ1) is 12.4. The quantitative estimate of drug-likeness (QED) is 0.516. The van der Waals surface area contributed by atoms with Gasteiger partial charge in [-0.1, -0.05) is 17.7 Å². The normalized spacial score (nSPS) is 11.8. The molecule has 130 valence electrons. The molecular weight excluding hydrogens is 367 g/mol. The molecule has 4 aromatic rings. The van der Waals surface area contributed by atoms with Crippen molar-refractivity contribution >= 4 is 22.6 Å². The van der Waals surface area contributed by atoms with Crippen LogP contribution in [0.4, 0.5) is 13.2 Å². The molecule has 5 nitrogen and oxygen atoms in total. The van der Waals surface area contributed by atoms with E-state index in [0.29, 0.717) is 22.9 Å². The third-order valence-electron chi connectivity index (χ3n) is 3.72. The van der Waals surface area contributed by atoms with Crippen molar-refractivity contribution in [2.75, 3.05) is 0 Å². The van der Waals surface area contributed by atoms with Crippen molar-refractivity contribution in [2.45, 2.75) is 6.18 Å². The smallest absolute Gasteiger partial charge is 0.273 e. The summed E-state index contributed by atoms with van der Waals surface area (Å²) in [6.45, 7) is 0. The molecule has 0 saturated carbocycles. The first-order valence-electron chi connectivity index (χ1n) is 7.44. The number of pyridine rings is 1. The van der Waals surface area contributed by atoms with E-state index in [9.17, 15) is 13.2 Å². The fourth-order valence-corrected chi connectivity index (χ4v) is 2.68. The Bertz CT molecular complexity index is 1080. The van der Waals surface area contributed by atoms with Gasteiger partial charge in [0.15, 0.2) is 16.8 Å². The lowest BCUT2D eigenvalue weighted by molar-refractivity contribution is -0.137. The Morgan fingerprint density at radius 2 is 1.81 bits per heavy atom. The molecular formula is C17H9ClF3N5. The second-order valence-corrected chi connectivity index (χ2v) is 5.79. The third-order valence-corrected chi connectivity index (χ3v) is 3.92. The summed E-state index contributed by atoms with van der Waals surface area (Å²) in [5.41, 5.74) is 0.353. The Balaban J connectivity index is 2.01. The van der Waals surface area contributed by atoms with Gasteiger partial charge < -0.3 is 0 Å². The summed E-state index contributed by atoms with van der Waals surface area (Å²) < 4.78 is 40.7. The molecule has 0 aliphatic carbocycles. The van der Waals surface area contributed by atoms with Crippen molar-refractivity contribution in [3.05, 3.63) is 65.4 Å². The summed E-state index contributed by atoms with van der Waals surface area (Å²) in [6, 6.07) is 11.7. The number of rotatable bonds is 2. The van der Waals surface area contributed by atoms with Crippen LogP contribution in [0.5, 0.6) is 0 Å². The third kappa shape index (κ3) is 2.88. The molecule has 26 heavy (non-hydrogen) atoms. The van der Waals surface area contributed by atoms with E-state index in [4.69, 9.17) is 11.6 Å². The lowest BCUT2D eigenvalue weighted by atomic mass is 10.2. The Morgan fingerprint density at radius 3 is 2.46 bits per heavy atom. The molecule has 4 rings (SSSR count). The van der Waals surface area contributed by atoms with Gasteiger partial charge in [0.2, 0.25) is 0 Å². The molecule has 0 amide bonds. The molecule has 9 heteroatoms. The van der Waals surface area contributed by atoms with Gasteiger partial charge in [-0.2, -0.15) is 13.2 Å². The molecule has 0 aliphatic rings. The predicted octanol–water partition coefficient (Wildman–Crippen LogP) is 4.55. The van der Waals surface area contributed by atoms with Crippen LogP contribution in [0.1, 0.15) is 5.56 Å². The summed E-state index contributed by atoms with van der Waals surface area (Å²) in [5, 5.41) is 8.02. The number of aromatic nitrogens is 5. The minimum absolute atomic E-state index is 0.178. The van der Waals surface area contributed by atoms with Gasteiger partial charge in [-0.05, 0) is 42.5 Å². The van der Waals surface area contributed by atoms with Crippen LogP contribution in [0.3, 0.4) is 0 Å². The van der Waals surface area contributed by atoms with Crippen molar-refractivity contribution in [1.82, 2.24) is 24.7 Å². The van der Waals surface area contributed by atoms with E-state index in [1.165, 1.54) is 6.07 Å². The first kappa shape index (κ1) is 16.5. The number of fused-ring (bicyclic) bond motifs is 1. The van der Waals surface area contributed by atoms with E-state index in [1.807, 2.05) is 0 Å². The predicted molar refractivity (Wildman–Crippen MR) is 89.9 cm³/mol. The number of halogens is 4. The van der Waals surface area contributed by atoms with E-state index in [1.54, 1.807) is 41.1 Å². The van der Waals surface area contributed by atoms with Crippen LogP contribution in [0.2, 0.25) is 5.15 Å². The SMILES string of the molecule is FC(F)(F)c1ccc2c(c1)nc(-c1ccccn1)n2-c1ccc(Cl)nn1. The molecule has 0 atom stereocenters. The van der Waals surface area contributed by atoms with E-state index >= 15 is 0 Å². The largest absolute Gasteiger partial charge is 0.416 e. The van der Waals surface area contributed by atoms with E-state index in [-0.39, 0.29) is 10.7 Å². The fraction of sp³-hybridized carbons (Fsp3) is 0.0588. The topological polar surface area (TPSA) is 56.5 Å². The zero-order chi connectivity index (χ0) is 18.3. The second kappa shape index (κ2) is 6.06. The minimum atomic E-state index is -4.46. The number of hydrogen-bond donors (Lipinski definition) is 0. The van der Waals surface area contributed by atoms with Gasteiger partial charge in [-0.3, -0.25) is 9.55 Å². The van der Waals surface area contributed by atoms with Gasteiger partial charge in [0, 0.05) is 6.20 Å². The van der Waals surface area contributed by atoms with Crippen LogP contribution < -0.4 is 0 Å². The molecule has 1 aromatic carbocycles. The number of nitrogens with zero attached hydrogens (tertiary/aromatic N) is 5. The second-order valence-electron chi connectivity index (χ2n) is 5.40. The van der Waals surface area contributed by atoms with Crippen LogP contribution in [0.25, 0.3) is 28.4 Å². The van der Waals surface area contributed by atoms with Crippen molar-refractivity contribution in [2.24, 2.45) is 0 Å². The van der Waals surface area contributed by atoms with Crippen molar-refractivity contribution in [1.29, 1.82) is 0 Å². The number of hydrogen-bond acceptors (Lipinski definition) is 4. The van der Waals surface area contributed by atoms with Crippen LogP contribution in [0, 0.1) is 0 Å². The maximum atomic E-state index is 13.0. The molecule has 0 spiro atoms.